The Hall–Kier alpha value is -3.48. The lowest BCUT2D eigenvalue weighted by Crippen LogP contribution is -2.52. The number of halogens is 2. The standard InChI is InChI=1S/C33H34Cl2N4O2/c1-33(2)19-27-31(29(40)20-33)32(22-7-9-23(34)10-8-22)39(28-6-4-3-5-26(28)36-27)21-30(41)38-17-15-37(16-18-38)25-13-11-24(35)12-14-25/h3-14,32,36H,15-21H2,1-2H3. The topological polar surface area (TPSA) is 55.9 Å². The minimum absolute atomic E-state index is 0.0437. The van der Waals surface area contributed by atoms with Gasteiger partial charge in [0, 0.05) is 59.6 Å². The SMILES string of the molecule is CC1(C)CC(=O)C2=C(C1)Nc1ccccc1N(CC(=O)N1CCN(c3ccc(Cl)cc3)CC1)C2c1ccc(Cl)cc1. The number of amides is 1. The lowest BCUT2D eigenvalue weighted by atomic mass is 9.73. The maximum Gasteiger partial charge on any atom is 0.242 e. The van der Waals surface area contributed by atoms with E-state index in [4.69, 9.17) is 23.2 Å². The van der Waals surface area contributed by atoms with Crippen LogP contribution in [0.2, 0.25) is 10.0 Å². The zero-order valence-corrected chi connectivity index (χ0v) is 24.9. The number of para-hydroxylation sites is 2. The molecule has 2 heterocycles. The largest absolute Gasteiger partial charge is 0.368 e. The number of allylic oxidation sites excluding steroid dienone is 1. The van der Waals surface area contributed by atoms with Gasteiger partial charge in [-0.1, -0.05) is 61.3 Å². The van der Waals surface area contributed by atoms with Gasteiger partial charge in [-0.15, -0.1) is 0 Å². The first kappa shape index (κ1) is 27.7. The van der Waals surface area contributed by atoms with E-state index in [9.17, 15) is 9.59 Å². The number of rotatable bonds is 4. The van der Waals surface area contributed by atoms with Crippen LogP contribution in [0.15, 0.2) is 84.1 Å². The van der Waals surface area contributed by atoms with Gasteiger partial charge in [-0.3, -0.25) is 9.59 Å². The van der Waals surface area contributed by atoms with Gasteiger partial charge in [0.15, 0.2) is 5.78 Å². The molecule has 0 radical (unpaired) electrons. The van der Waals surface area contributed by atoms with Crippen LogP contribution in [0.1, 0.15) is 38.3 Å². The molecular formula is C33H34Cl2N4O2. The Kier molecular flexibility index (Phi) is 7.47. The summed E-state index contributed by atoms with van der Waals surface area (Å²) in [5.74, 6) is 0.160. The second-order valence-electron chi connectivity index (χ2n) is 11.9. The molecule has 2 aliphatic heterocycles. The van der Waals surface area contributed by atoms with Crippen molar-refractivity contribution in [2.24, 2.45) is 5.41 Å². The monoisotopic (exact) mass is 588 g/mol. The number of nitrogens with one attached hydrogen (secondary N) is 1. The normalized spacial score (nSPS) is 20.2. The number of piperazine rings is 1. The summed E-state index contributed by atoms with van der Waals surface area (Å²) in [5, 5.41) is 4.96. The van der Waals surface area contributed by atoms with E-state index < -0.39 is 6.04 Å². The van der Waals surface area contributed by atoms with Crippen molar-refractivity contribution >= 4 is 52.0 Å². The summed E-state index contributed by atoms with van der Waals surface area (Å²) in [6, 6.07) is 23.1. The third kappa shape index (κ3) is 5.68. The summed E-state index contributed by atoms with van der Waals surface area (Å²) in [6.07, 6.45) is 1.21. The Morgan fingerprint density at radius 2 is 1.51 bits per heavy atom. The number of carbonyl (C=O) groups excluding carboxylic acids is 2. The van der Waals surface area contributed by atoms with Crippen LogP contribution in [0.25, 0.3) is 0 Å². The molecule has 0 bridgehead atoms. The van der Waals surface area contributed by atoms with E-state index in [1.165, 1.54) is 0 Å². The molecule has 1 saturated heterocycles. The van der Waals surface area contributed by atoms with Crippen molar-refractivity contribution < 1.29 is 9.59 Å². The van der Waals surface area contributed by atoms with Crippen molar-refractivity contribution in [1.29, 1.82) is 0 Å². The first-order valence-electron chi connectivity index (χ1n) is 14.1. The first-order chi connectivity index (χ1) is 19.7. The van der Waals surface area contributed by atoms with E-state index in [0.29, 0.717) is 29.6 Å². The number of Topliss-reactive ketones (excluding diaryl/α,β-unsaturated/α-hetero) is 1. The quantitative estimate of drug-likeness (QED) is 0.357. The van der Waals surface area contributed by atoms with E-state index in [1.807, 2.05) is 77.7 Å². The van der Waals surface area contributed by atoms with Crippen LogP contribution in [-0.4, -0.2) is 49.3 Å². The molecule has 6 rings (SSSR count). The fraction of sp³-hybridized carbons (Fsp3) is 0.333. The average Bonchev–Trinajstić information content (AvgIpc) is 3.08. The number of hydrogen-bond acceptors (Lipinski definition) is 5. The molecule has 41 heavy (non-hydrogen) atoms. The van der Waals surface area contributed by atoms with E-state index in [2.05, 4.69) is 29.0 Å². The van der Waals surface area contributed by atoms with Gasteiger partial charge in [0.25, 0.3) is 0 Å². The summed E-state index contributed by atoms with van der Waals surface area (Å²) in [4.78, 5) is 34.1. The maximum atomic E-state index is 14.0. The van der Waals surface area contributed by atoms with Crippen molar-refractivity contribution in [3.8, 4) is 0 Å². The maximum absolute atomic E-state index is 14.0. The highest BCUT2D eigenvalue weighted by Gasteiger charge is 2.42. The Morgan fingerprint density at radius 1 is 0.878 bits per heavy atom. The third-order valence-corrected chi connectivity index (χ3v) is 8.82. The van der Waals surface area contributed by atoms with Gasteiger partial charge in [0.05, 0.1) is 24.0 Å². The number of carbonyl (C=O) groups is 2. The van der Waals surface area contributed by atoms with Gasteiger partial charge in [-0.25, -0.2) is 0 Å². The first-order valence-corrected chi connectivity index (χ1v) is 14.9. The van der Waals surface area contributed by atoms with Crippen LogP contribution < -0.4 is 15.1 Å². The van der Waals surface area contributed by atoms with Crippen molar-refractivity contribution in [1.82, 2.24) is 4.90 Å². The van der Waals surface area contributed by atoms with Crippen molar-refractivity contribution in [3.63, 3.8) is 0 Å². The third-order valence-electron chi connectivity index (χ3n) is 8.32. The van der Waals surface area contributed by atoms with Gasteiger partial charge in [0.2, 0.25) is 5.91 Å². The molecule has 8 heteroatoms. The molecular weight excluding hydrogens is 555 g/mol. The van der Waals surface area contributed by atoms with Gasteiger partial charge >= 0.3 is 0 Å². The molecule has 0 spiro atoms. The summed E-state index contributed by atoms with van der Waals surface area (Å²) in [7, 11) is 0. The minimum atomic E-state index is -0.415. The van der Waals surface area contributed by atoms with Crippen LogP contribution in [-0.2, 0) is 9.59 Å². The molecule has 0 saturated carbocycles. The molecule has 1 unspecified atom stereocenters. The highest BCUT2D eigenvalue weighted by molar-refractivity contribution is 6.30. The number of anilines is 3. The van der Waals surface area contributed by atoms with Crippen molar-refractivity contribution in [2.75, 3.05) is 47.8 Å². The minimum Gasteiger partial charge on any atom is -0.368 e. The number of ketones is 1. The Morgan fingerprint density at radius 3 is 2.20 bits per heavy atom. The molecule has 3 aromatic carbocycles. The number of nitrogens with zero attached hydrogens (tertiary/aromatic N) is 3. The van der Waals surface area contributed by atoms with Crippen LogP contribution in [0.3, 0.4) is 0 Å². The average molecular weight is 590 g/mol. The molecule has 1 aliphatic carbocycles. The predicted octanol–water partition coefficient (Wildman–Crippen LogP) is 6.96. The number of benzene rings is 3. The highest BCUT2D eigenvalue weighted by Crippen LogP contribution is 2.48. The summed E-state index contributed by atoms with van der Waals surface area (Å²) in [6.45, 7) is 7.17. The van der Waals surface area contributed by atoms with Gasteiger partial charge in [-0.2, -0.15) is 0 Å². The number of hydrogen-bond donors (Lipinski definition) is 1. The summed E-state index contributed by atoms with van der Waals surface area (Å²) in [5.41, 5.74) is 5.37. The lowest BCUT2D eigenvalue weighted by molar-refractivity contribution is -0.130. The Labute approximate surface area is 251 Å². The van der Waals surface area contributed by atoms with Crippen molar-refractivity contribution in [3.05, 3.63) is 99.7 Å². The van der Waals surface area contributed by atoms with Crippen LogP contribution in [0.5, 0.6) is 0 Å². The summed E-state index contributed by atoms with van der Waals surface area (Å²) < 4.78 is 0. The van der Waals surface area contributed by atoms with Crippen LogP contribution >= 0.6 is 23.2 Å². The van der Waals surface area contributed by atoms with Gasteiger partial charge in [-0.05, 0) is 65.9 Å². The molecule has 3 aliphatic rings. The molecule has 3 aromatic rings. The van der Waals surface area contributed by atoms with Gasteiger partial charge < -0.3 is 20.0 Å². The summed E-state index contributed by atoms with van der Waals surface area (Å²) >= 11 is 12.4. The smallest absolute Gasteiger partial charge is 0.242 e. The molecule has 1 N–H and O–H groups in total. The van der Waals surface area contributed by atoms with E-state index in [0.717, 1.165) is 53.4 Å². The van der Waals surface area contributed by atoms with E-state index in [-0.39, 0.29) is 23.7 Å². The van der Waals surface area contributed by atoms with E-state index in [1.54, 1.807) is 0 Å². The van der Waals surface area contributed by atoms with Crippen molar-refractivity contribution in [2.45, 2.75) is 32.7 Å². The molecule has 1 fully saturated rings. The molecule has 6 nitrogen and oxygen atoms in total. The van der Waals surface area contributed by atoms with Gasteiger partial charge in [0.1, 0.15) is 0 Å². The predicted molar refractivity (Wildman–Crippen MR) is 167 cm³/mol. The second-order valence-corrected chi connectivity index (χ2v) is 12.8. The fourth-order valence-electron chi connectivity index (χ4n) is 6.33. The number of fused-ring (bicyclic) bond motifs is 1. The highest BCUT2D eigenvalue weighted by atomic mass is 35.5. The molecule has 212 valence electrons. The molecule has 1 atom stereocenters. The van der Waals surface area contributed by atoms with Crippen LogP contribution in [0.4, 0.5) is 17.1 Å². The van der Waals surface area contributed by atoms with Crippen LogP contribution in [0, 0.1) is 5.41 Å². The second kappa shape index (κ2) is 11.1. The zero-order chi connectivity index (χ0) is 28.7. The Bertz CT molecular complexity index is 1490. The van der Waals surface area contributed by atoms with E-state index >= 15 is 0 Å². The lowest BCUT2D eigenvalue weighted by Gasteiger charge is -2.40. The molecule has 0 aromatic heterocycles. The molecule has 1 amide bonds. The fourth-order valence-corrected chi connectivity index (χ4v) is 6.58. The Balaban J connectivity index is 1.34. The zero-order valence-electron chi connectivity index (χ0n) is 23.4.